The van der Waals surface area contributed by atoms with Gasteiger partial charge in [-0.1, -0.05) is 0 Å². The van der Waals surface area contributed by atoms with Gasteiger partial charge in [0.1, 0.15) is 5.69 Å². The lowest BCUT2D eigenvalue weighted by Gasteiger charge is -2.27. The predicted octanol–water partition coefficient (Wildman–Crippen LogP) is 0.554. The third-order valence-corrected chi connectivity index (χ3v) is 6.02. The highest BCUT2D eigenvalue weighted by atomic mass is 16.5. The molecule has 5 rings (SSSR count). The molecular weight excluding hydrogens is 350 g/mol. The van der Waals surface area contributed by atoms with Gasteiger partial charge in [0.25, 0.3) is 6.47 Å². The average molecular weight is 373 g/mol. The van der Waals surface area contributed by atoms with Crippen LogP contribution < -0.4 is 4.90 Å². The van der Waals surface area contributed by atoms with Gasteiger partial charge in [0.05, 0.1) is 11.7 Å². The van der Waals surface area contributed by atoms with Crippen LogP contribution in [0.5, 0.6) is 0 Å². The first-order valence-corrected chi connectivity index (χ1v) is 9.05. The molecule has 9 nitrogen and oxygen atoms in total. The summed E-state index contributed by atoms with van der Waals surface area (Å²) in [6, 6.07) is 3.98. The number of aliphatic hydroxyl groups excluding tert-OH is 1. The lowest BCUT2D eigenvalue weighted by Crippen LogP contribution is -2.37. The van der Waals surface area contributed by atoms with Crippen molar-refractivity contribution in [3.8, 4) is 11.5 Å². The molecule has 0 amide bonds. The van der Waals surface area contributed by atoms with Crippen molar-refractivity contribution in [2.24, 2.45) is 18.9 Å². The fourth-order valence-corrected chi connectivity index (χ4v) is 4.83. The SMILES string of the molecule is Cn1ccnc1-c1ccc(N2C[C@H]3[C@@H](CO)[C@@H]4CC[C@@]3(C2)O4)nn1.O=CO. The molecule has 27 heavy (non-hydrogen) atoms. The first kappa shape index (κ1) is 17.9. The minimum atomic E-state index is -0.250. The molecule has 3 aliphatic heterocycles. The molecule has 4 atom stereocenters. The van der Waals surface area contributed by atoms with Crippen molar-refractivity contribution in [3.63, 3.8) is 0 Å². The number of aromatic nitrogens is 4. The summed E-state index contributed by atoms with van der Waals surface area (Å²) < 4.78 is 8.21. The van der Waals surface area contributed by atoms with E-state index in [2.05, 4.69) is 20.1 Å². The molecule has 0 aliphatic carbocycles. The molecule has 3 fully saturated rings. The number of imidazole rings is 1. The molecule has 5 heterocycles. The maximum Gasteiger partial charge on any atom is 0.290 e. The van der Waals surface area contributed by atoms with Gasteiger partial charge in [-0.05, 0) is 25.0 Å². The molecule has 1 spiro atoms. The lowest BCUT2D eigenvalue weighted by molar-refractivity contribution is -0.122. The zero-order valence-corrected chi connectivity index (χ0v) is 15.1. The number of fused-ring (bicyclic) bond motifs is 1. The van der Waals surface area contributed by atoms with E-state index in [0.717, 1.165) is 43.3 Å². The molecule has 2 bridgehead atoms. The number of aryl methyl sites for hydroxylation is 1. The molecule has 0 saturated carbocycles. The summed E-state index contributed by atoms with van der Waals surface area (Å²) in [5.74, 6) is 2.36. The largest absolute Gasteiger partial charge is 0.483 e. The number of hydrogen-bond acceptors (Lipinski definition) is 7. The Morgan fingerprint density at radius 3 is 2.85 bits per heavy atom. The molecule has 2 N–H and O–H groups in total. The Balaban J connectivity index is 0.000000565. The van der Waals surface area contributed by atoms with Gasteiger partial charge >= 0.3 is 0 Å². The fourth-order valence-electron chi connectivity index (χ4n) is 4.83. The van der Waals surface area contributed by atoms with Crippen LogP contribution in [-0.2, 0) is 16.6 Å². The van der Waals surface area contributed by atoms with Crippen molar-refractivity contribution in [1.29, 1.82) is 0 Å². The second kappa shape index (κ2) is 6.90. The second-order valence-electron chi connectivity index (χ2n) is 7.34. The van der Waals surface area contributed by atoms with E-state index in [1.54, 1.807) is 6.20 Å². The smallest absolute Gasteiger partial charge is 0.290 e. The van der Waals surface area contributed by atoms with Crippen molar-refractivity contribution in [2.75, 3.05) is 24.6 Å². The Kier molecular flexibility index (Phi) is 4.56. The summed E-state index contributed by atoms with van der Waals surface area (Å²) >= 11 is 0. The zero-order chi connectivity index (χ0) is 19.0. The first-order valence-electron chi connectivity index (χ1n) is 9.05. The Labute approximate surface area is 156 Å². The summed E-state index contributed by atoms with van der Waals surface area (Å²) in [4.78, 5) is 14.9. The van der Waals surface area contributed by atoms with E-state index >= 15 is 0 Å². The van der Waals surface area contributed by atoms with Crippen LogP contribution in [0.15, 0.2) is 24.5 Å². The third-order valence-electron chi connectivity index (χ3n) is 6.02. The van der Waals surface area contributed by atoms with Crippen LogP contribution in [0.3, 0.4) is 0 Å². The van der Waals surface area contributed by atoms with Crippen LogP contribution in [0.1, 0.15) is 12.8 Å². The molecule has 3 saturated heterocycles. The number of carbonyl (C=O) groups is 1. The molecule has 9 heteroatoms. The number of nitrogens with zero attached hydrogens (tertiary/aromatic N) is 5. The highest BCUT2D eigenvalue weighted by molar-refractivity contribution is 5.52. The normalized spacial score (nSPS) is 30.7. The summed E-state index contributed by atoms with van der Waals surface area (Å²) in [5.41, 5.74) is 0.687. The van der Waals surface area contributed by atoms with Crippen molar-refractivity contribution < 1.29 is 19.7 Å². The van der Waals surface area contributed by atoms with E-state index in [-0.39, 0.29) is 30.7 Å². The Bertz CT molecular complexity index is 810. The monoisotopic (exact) mass is 373 g/mol. The van der Waals surface area contributed by atoms with E-state index in [1.807, 2.05) is 29.9 Å². The summed E-state index contributed by atoms with van der Waals surface area (Å²) in [5, 5.41) is 25.4. The van der Waals surface area contributed by atoms with E-state index < -0.39 is 0 Å². The molecule has 0 unspecified atom stereocenters. The fraction of sp³-hybridized carbons (Fsp3) is 0.556. The number of ether oxygens (including phenoxy) is 1. The van der Waals surface area contributed by atoms with E-state index in [4.69, 9.17) is 14.6 Å². The van der Waals surface area contributed by atoms with Gasteiger partial charge < -0.3 is 24.4 Å². The molecule has 3 aliphatic rings. The third kappa shape index (κ3) is 2.87. The number of anilines is 1. The topological polar surface area (TPSA) is 114 Å². The molecule has 2 aromatic heterocycles. The number of carboxylic acid groups (broad SMARTS) is 1. The first-order chi connectivity index (χ1) is 13.1. The number of hydrogen-bond donors (Lipinski definition) is 2. The predicted molar refractivity (Wildman–Crippen MR) is 96.0 cm³/mol. The zero-order valence-electron chi connectivity index (χ0n) is 15.1. The molecule has 144 valence electrons. The summed E-state index contributed by atoms with van der Waals surface area (Å²) in [6.07, 6.45) is 6.07. The van der Waals surface area contributed by atoms with Crippen LogP contribution in [0.25, 0.3) is 11.5 Å². The van der Waals surface area contributed by atoms with Gasteiger partial charge in [0, 0.05) is 51.0 Å². The van der Waals surface area contributed by atoms with Gasteiger partial charge in [-0.2, -0.15) is 0 Å². The van der Waals surface area contributed by atoms with Crippen LogP contribution in [0, 0.1) is 11.8 Å². The van der Waals surface area contributed by atoms with E-state index in [9.17, 15) is 5.11 Å². The van der Waals surface area contributed by atoms with Crippen molar-refractivity contribution in [2.45, 2.75) is 24.5 Å². The van der Waals surface area contributed by atoms with E-state index in [1.165, 1.54) is 0 Å². The van der Waals surface area contributed by atoms with Crippen molar-refractivity contribution in [1.82, 2.24) is 19.7 Å². The van der Waals surface area contributed by atoms with Crippen LogP contribution >= 0.6 is 0 Å². The van der Waals surface area contributed by atoms with Gasteiger partial charge in [-0.3, -0.25) is 4.79 Å². The minimum absolute atomic E-state index is 0.0852. The number of rotatable bonds is 3. The Morgan fingerprint density at radius 1 is 1.41 bits per heavy atom. The lowest BCUT2D eigenvalue weighted by atomic mass is 9.74. The van der Waals surface area contributed by atoms with Gasteiger partial charge in [-0.15, -0.1) is 10.2 Å². The van der Waals surface area contributed by atoms with Crippen LogP contribution in [-0.4, -0.2) is 67.8 Å². The molecule has 0 radical (unpaired) electrons. The molecule has 0 aromatic carbocycles. The standard InChI is InChI=1S/C17H21N5O2.CH2O2/c1-21-7-6-18-16(21)13-2-3-15(20-19-13)22-8-12-11(9-23)14-4-5-17(12,10-22)24-14;2-1-3/h2-3,6-7,11-12,14,23H,4-5,8-10H2,1H3;1H,(H,2,3)/t11-,12+,14+,17+;/m1./s1. The number of aliphatic hydroxyl groups is 1. The van der Waals surface area contributed by atoms with Gasteiger partial charge in [0.2, 0.25) is 0 Å². The highest BCUT2D eigenvalue weighted by Crippen LogP contribution is 2.55. The van der Waals surface area contributed by atoms with Crippen molar-refractivity contribution >= 4 is 12.3 Å². The van der Waals surface area contributed by atoms with Gasteiger partial charge in [0.15, 0.2) is 11.6 Å². The second-order valence-corrected chi connectivity index (χ2v) is 7.34. The van der Waals surface area contributed by atoms with Crippen LogP contribution in [0.2, 0.25) is 0 Å². The Hall–Kier alpha value is -2.52. The highest BCUT2D eigenvalue weighted by Gasteiger charge is 2.62. The average Bonchev–Trinajstić information content (AvgIpc) is 3.42. The summed E-state index contributed by atoms with van der Waals surface area (Å²) in [7, 11) is 1.95. The quantitative estimate of drug-likeness (QED) is 0.750. The molecular formula is C18H23N5O4. The Morgan fingerprint density at radius 2 is 2.22 bits per heavy atom. The van der Waals surface area contributed by atoms with Crippen molar-refractivity contribution in [3.05, 3.63) is 24.5 Å². The van der Waals surface area contributed by atoms with Crippen LogP contribution in [0.4, 0.5) is 5.82 Å². The molecule has 2 aromatic rings. The minimum Gasteiger partial charge on any atom is -0.483 e. The maximum absolute atomic E-state index is 9.72. The maximum atomic E-state index is 9.72. The van der Waals surface area contributed by atoms with Gasteiger partial charge in [-0.25, -0.2) is 4.98 Å². The summed E-state index contributed by atoms with van der Waals surface area (Å²) in [6.45, 7) is 1.70. The van der Waals surface area contributed by atoms with E-state index in [0.29, 0.717) is 5.92 Å².